The molecule has 1 saturated heterocycles. The maximum absolute atomic E-state index is 5.88. The van der Waals surface area contributed by atoms with E-state index in [0.717, 1.165) is 37.7 Å². The fraction of sp³-hybridized carbons (Fsp3) is 0.312. The third kappa shape index (κ3) is 3.22. The first kappa shape index (κ1) is 14.0. The molecular formula is C16H18ClN3O. The molecular weight excluding hydrogens is 286 g/mol. The van der Waals surface area contributed by atoms with Crippen molar-refractivity contribution in [2.75, 3.05) is 43.1 Å². The van der Waals surface area contributed by atoms with Crippen LogP contribution >= 0.6 is 11.6 Å². The topological polar surface area (TPSA) is 28.6 Å². The lowest BCUT2D eigenvalue weighted by Gasteiger charge is -2.36. The monoisotopic (exact) mass is 303 g/mol. The molecule has 0 atom stereocenters. The van der Waals surface area contributed by atoms with E-state index >= 15 is 0 Å². The van der Waals surface area contributed by atoms with Crippen LogP contribution in [0.4, 0.5) is 11.5 Å². The summed E-state index contributed by atoms with van der Waals surface area (Å²) in [5.74, 6) is 1.89. The Hall–Kier alpha value is -1.94. The first-order valence-electron chi connectivity index (χ1n) is 7.02. The summed E-state index contributed by atoms with van der Waals surface area (Å²) in [7, 11) is 1.69. The fourth-order valence-corrected chi connectivity index (χ4v) is 2.65. The second-order valence-electron chi connectivity index (χ2n) is 5.01. The predicted molar refractivity (Wildman–Crippen MR) is 86.7 cm³/mol. The first-order chi connectivity index (χ1) is 10.3. The van der Waals surface area contributed by atoms with Crippen molar-refractivity contribution in [1.82, 2.24) is 4.98 Å². The summed E-state index contributed by atoms with van der Waals surface area (Å²) in [5, 5.41) is 0.676. The van der Waals surface area contributed by atoms with Crippen LogP contribution in [0, 0.1) is 0 Å². The largest absolute Gasteiger partial charge is 0.497 e. The molecule has 0 aliphatic carbocycles. The summed E-state index contributed by atoms with van der Waals surface area (Å²) >= 11 is 5.88. The Bertz CT molecular complexity index is 577. The molecule has 4 nitrogen and oxygen atoms in total. The minimum atomic E-state index is 0.676. The van der Waals surface area contributed by atoms with Crippen LogP contribution in [-0.4, -0.2) is 38.3 Å². The number of nitrogens with zero attached hydrogens (tertiary/aromatic N) is 3. The van der Waals surface area contributed by atoms with Crippen molar-refractivity contribution in [2.45, 2.75) is 0 Å². The molecule has 2 aromatic rings. The number of hydrogen-bond acceptors (Lipinski definition) is 4. The number of benzene rings is 1. The number of anilines is 2. The second kappa shape index (κ2) is 6.22. The number of piperazine rings is 1. The smallest absolute Gasteiger partial charge is 0.128 e. The lowest BCUT2D eigenvalue weighted by Crippen LogP contribution is -2.46. The van der Waals surface area contributed by atoms with Crippen molar-refractivity contribution >= 4 is 23.1 Å². The number of rotatable bonds is 3. The zero-order valence-electron chi connectivity index (χ0n) is 12.0. The lowest BCUT2D eigenvalue weighted by atomic mass is 10.2. The second-order valence-corrected chi connectivity index (χ2v) is 5.44. The van der Waals surface area contributed by atoms with Gasteiger partial charge in [-0.15, -0.1) is 0 Å². The van der Waals surface area contributed by atoms with Gasteiger partial charge in [0.15, 0.2) is 0 Å². The summed E-state index contributed by atoms with van der Waals surface area (Å²) in [6, 6.07) is 12.1. The average molecular weight is 304 g/mol. The van der Waals surface area contributed by atoms with E-state index in [0.29, 0.717) is 5.02 Å². The third-order valence-corrected chi connectivity index (χ3v) is 3.98. The van der Waals surface area contributed by atoms with Gasteiger partial charge in [0.25, 0.3) is 0 Å². The molecule has 3 rings (SSSR count). The zero-order valence-corrected chi connectivity index (χ0v) is 12.8. The van der Waals surface area contributed by atoms with Gasteiger partial charge in [-0.25, -0.2) is 4.98 Å². The molecule has 110 valence electrons. The zero-order chi connectivity index (χ0) is 14.7. The SMILES string of the molecule is COc1ccc(N2CCN(c3ccc(Cl)cn3)CC2)cc1. The van der Waals surface area contributed by atoms with Gasteiger partial charge in [0.2, 0.25) is 0 Å². The highest BCUT2D eigenvalue weighted by atomic mass is 35.5. The van der Waals surface area contributed by atoms with Crippen molar-refractivity contribution in [3.63, 3.8) is 0 Å². The van der Waals surface area contributed by atoms with Crippen LogP contribution in [0.5, 0.6) is 5.75 Å². The highest BCUT2D eigenvalue weighted by molar-refractivity contribution is 6.30. The van der Waals surface area contributed by atoms with Gasteiger partial charge < -0.3 is 14.5 Å². The van der Waals surface area contributed by atoms with E-state index in [1.165, 1.54) is 5.69 Å². The third-order valence-electron chi connectivity index (χ3n) is 3.75. The molecule has 1 aliphatic rings. The van der Waals surface area contributed by atoms with E-state index in [9.17, 15) is 0 Å². The highest BCUT2D eigenvalue weighted by Gasteiger charge is 2.18. The molecule has 5 heteroatoms. The molecule has 0 N–H and O–H groups in total. The normalized spacial score (nSPS) is 15.1. The number of methoxy groups -OCH3 is 1. The molecule has 1 aliphatic heterocycles. The minimum absolute atomic E-state index is 0.676. The van der Waals surface area contributed by atoms with Crippen molar-refractivity contribution < 1.29 is 4.74 Å². The van der Waals surface area contributed by atoms with Crippen molar-refractivity contribution in [1.29, 1.82) is 0 Å². The van der Waals surface area contributed by atoms with Crippen molar-refractivity contribution in [2.24, 2.45) is 0 Å². The van der Waals surface area contributed by atoms with Crippen LogP contribution in [0.25, 0.3) is 0 Å². The van der Waals surface area contributed by atoms with Crippen LogP contribution < -0.4 is 14.5 Å². The summed E-state index contributed by atoms with van der Waals surface area (Å²) in [6.07, 6.45) is 1.70. The summed E-state index contributed by atoms with van der Waals surface area (Å²) < 4.78 is 5.20. The quantitative estimate of drug-likeness (QED) is 0.871. The summed E-state index contributed by atoms with van der Waals surface area (Å²) in [4.78, 5) is 9.05. The van der Waals surface area contributed by atoms with Crippen LogP contribution in [-0.2, 0) is 0 Å². The Labute approximate surface area is 129 Å². The Morgan fingerprint density at radius 2 is 1.62 bits per heavy atom. The van der Waals surface area contributed by atoms with E-state index in [1.807, 2.05) is 24.3 Å². The molecule has 0 amide bonds. The molecule has 0 unspecified atom stereocenters. The van der Waals surface area contributed by atoms with E-state index in [2.05, 4.69) is 26.9 Å². The van der Waals surface area contributed by atoms with Gasteiger partial charge in [-0.2, -0.15) is 0 Å². The molecule has 1 aromatic carbocycles. The molecule has 0 radical (unpaired) electrons. The standard InChI is InChI=1S/C16H18ClN3O/c1-21-15-5-3-14(4-6-15)19-8-10-20(11-9-19)16-7-2-13(17)12-18-16/h2-7,12H,8-11H2,1H3. The lowest BCUT2D eigenvalue weighted by molar-refractivity contribution is 0.415. The van der Waals surface area contributed by atoms with E-state index < -0.39 is 0 Å². The highest BCUT2D eigenvalue weighted by Crippen LogP contribution is 2.22. The maximum Gasteiger partial charge on any atom is 0.128 e. The van der Waals surface area contributed by atoms with Crippen molar-refractivity contribution in [3.8, 4) is 5.75 Å². The molecule has 1 aromatic heterocycles. The number of ether oxygens (including phenoxy) is 1. The average Bonchev–Trinajstić information content (AvgIpc) is 2.56. The molecule has 0 bridgehead atoms. The van der Waals surface area contributed by atoms with Gasteiger partial charge in [0.1, 0.15) is 11.6 Å². The summed E-state index contributed by atoms with van der Waals surface area (Å²) in [6.45, 7) is 3.88. The Morgan fingerprint density at radius 3 is 2.19 bits per heavy atom. The molecule has 0 spiro atoms. The van der Waals surface area contributed by atoms with Crippen LogP contribution in [0.3, 0.4) is 0 Å². The van der Waals surface area contributed by atoms with Gasteiger partial charge in [-0.3, -0.25) is 0 Å². The number of hydrogen-bond donors (Lipinski definition) is 0. The Balaban J connectivity index is 1.62. The number of aromatic nitrogens is 1. The number of halogens is 1. The van der Waals surface area contributed by atoms with Gasteiger partial charge in [0, 0.05) is 38.1 Å². The van der Waals surface area contributed by atoms with E-state index in [1.54, 1.807) is 13.3 Å². The van der Waals surface area contributed by atoms with Gasteiger partial charge in [-0.05, 0) is 36.4 Å². The van der Waals surface area contributed by atoms with E-state index in [4.69, 9.17) is 16.3 Å². The fourth-order valence-electron chi connectivity index (χ4n) is 2.54. The van der Waals surface area contributed by atoms with Crippen LogP contribution in [0.15, 0.2) is 42.6 Å². The molecule has 1 fully saturated rings. The van der Waals surface area contributed by atoms with Gasteiger partial charge in [0.05, 0.1) is 12.1 Å². The minimum Gasteiger partial charge on any atom is -0.497 e. The Morgan fingerprint density at radius 1 is 0.952 bits per heavy atom. The van der Waals surface area contributed by atoms with Gasteiger partial charge >= 0.3 is 0 Å². The molecule has 21 heavy (non-hydrogen) atoms. The summed E-state index contributed by atoms with van der Waals surface area (Å²) in [5.41, 5.74) is 1.24. The number of pyridine rings is 1. The Kier molecular flexibility index (Phi) is 4.15. The molecule has 2 heterocycles. The van der Waals surface area contributed by atoms with E-state index in [-0.39, 0.29) is 0 Å². The van der Waals surface area contributed by atoms with Crippen LogP contribution in [0.1, 0.15) is 0 Å². The van der Waals surface area contributed by atoms with Crippen LogP contribution in [0.2, 0.25) is 5.02 Å². The predicted octanol–water partition coefficient (Wildman–Crippen LogP) is 3.07. The molecule has 0 saturated carbocycles. The van der Waals surface area contributed by atoms with Crippen molar-refractivity contribution in [3.05, 3.63) is 47.6 Å². The van der Waals surface area contributed by atoms with Gasteiger partial charge in [-0.1, -0.05) is 11.6 Å². The first-order valence-corrected chi connectivity index (χ1v) is 7.39. The maximum atomic E-state index is 5.88.